The van der Waals surface area contributed by atoms with Crippen molar-refractivity contribution in [2.45, 2.75) is 46.2 Å². The molecule has 2 aromatic carbocycles. The van der Waals surface area contributed by atoms with E-state index < -0.39 is 0 Å². The van der Waals surface area contributed by atoms with Gasteiger partial charge in [0.2, 0.25) is 0 Å². The van der Waals surface area contributed by atoms with Crippen LogP contribution in [0.15, 0.2) is 42.5 Å². The maximum atomic E-state index is 10.6. The maximum absolute atomic E-state index is 10.6. The smallest absolute Gasteiger partial charge is 0.120 e. The highest BCUT2D eigenvalue weighted by Gasteiger charge is 2.19. The van der Waals surface area contributed by atoms with E-state index in [0.29, 0.717) is 5.75 Å². The van der Waals surface area contributed by atoms with Crippen LogP contribution in [0.3, 0.4) is 0 Å². The first-order valence-corrected chi connectivity index (χ1v) is 14.0. The monoisotopic (exact) mass is 484 g/mol. The van der Waals surface area contributed by atoms with Crippen molar-refractivity contribution in [3.8, 4) is 16.2 Å². The van der Waals surface area contributed by atoms with Crippen LogP contribution >= 0.6 is 32.9 Å². The number of piperazine rings is 1. The van der Waals surface area contributed by atoms with Crippen LogP contribution in [-0.4, -0.2) is 41.1 Å². The second kappa shape index (κ2) is 11.0. The molecule has 4 rings (SSSR count). The number of nitrogens with zero attached hydrogens (tertiary/aromatic N) is 2. The Morgan fingerprint density at radius 2 is 1.62 bits per heavy atom. The van der Waals surface area contributed by atoms with E-state index in [4.69, 9.17) is 12.2 Å². The van der Waals surface area contributed by atoms with Crippen LogP contribution in [0.25, 0.3) is 10.4 Å². The fourth-order valence-electron chi connectivity index (χ4n) is 4.29. The van der Waals surface area contributed by atoms with E-state index in [9.17, 15) is 5.11 Å². The highest BCUT2D eigenvalue weighted by Crippen LogP contribution is 2.37. The third-order valence-electron chi connectivity index (χ3n) is 6.36. The van der Waals surface area contributed by atoms with Crippen molar-refractivity contribution in [1.29, 1.82) is 0 Å². The Labute approximate surface area is 204 Å². The molecular weight excluding hydrogens is 453 g/mol. The average Bonchev–Trinajstić information content (AvgIpc) is 3.17. The fourth-order valence-corrected chi connectivity index (χ4v) is 7.29. The van der Waals surface area contributed by atoms with Gasteiger partial charge in [-0.05, 0) is 60.2 Å². The molecule has 0 radical (unpaired) electrons. The molecule has 1 aromatic heterocycles. The van der Waals surface area contributed by atoms with Gasteiger partial charge < -0.3 is 5.11 Å². The van der Waals surface area contributed by atoms with Gasteiger partial charge in [0.1, 0.15) is 9.57 Å². The summed E-state index contributed by atoms with van der Waals surface area (Å²) in [5.74, 6) is 0.394. The number of rotatable bonds is 8. The number of hydrogen-bond donors (Lipinski definition) is 1. The van der Waals surface area contributed by atoms with E-state index in [1.54, 1.807) is 20.7 Å². The molecule has 170 valence electrons. The van der Waals surface area contributed by atoms with Gasteiger partial charge in [0.25, 0.3) is 0 Å². The summed E-state index contributed by atoms with van der Waals surface area (Å²) in [7, 11) is 3.48. The standard InChI is InChI=1S/C26H32N2OS3/c1-3-4-9-23-25(31-32-26(23)30)20-10-11-24(29)22(16-20)18-28-14-12-27(13-15-28)17-21-8-6-5-7-19(21)2/h5-8,10-11,16,29H,3-4,9,12-15,17-18H2,1-2H3. The van der Waals surface area contributed by atoms with E-state index in [1.807, 2.05) is 12.1 Å². The Hall–Kier alpha value is -1.57. The summed E-state index contributed by atoms with van der Waals surface area (Å²) in [5.41, 5.74) is 6.31. The number of phenols is 1. The molecule has 0 aliphatic carbocycles. The Bertz CT molecular complexity index is 1100. The molecule has 0 spiro atoms. The molecule has 2 heterocycles. The largest absolute Gasteiger partial charge is 0.508 e. The Morgan fingerprint density at radius 1 is 0.938 bits per heavy atom. The van der Waals surface area contributed by atoms with Crippen LogP contribution in [0, 0.1) is 10.7 Å². The van der Waals surface area contributed by atoms with Crippen LogP contribution < -0.4 is 0 Å². The van der Waals surface area contributed by atoms with E-state index in [2.05, 4.69) is 54.0 Å². The van der Waals surface area contributed by atoms with Crippen LogP contribution in [0.5, 0.6) is 5.75 Å². The molecule has 0 amide bonds. The number of benzene rings is 2. The minimum Gasteiger partial charge on any atom is -0.508 e. The van der Waals surface area contributed by atoms with Crippen molar-refractivity contribution in [1.82, 2.24) is 9.80 Å². The van der Waals surface area contributed by atoms with Crippen LogP contribution in [0.4, 0.5) is 0 Å². The maximum Gasteiger partial charge on any atom is 0.120 e. The second-order valence-corrected chi connectivity index (χ2v) is 11.5. The molecule has 0 atom stereocenters. The molecule has 0 unspecified atom stereocenters. The minimum atomic E-state index is 0.394. The summed E-state index contributed by atoms with van der Waals surface area (Å²) >= 11 is 5.61. The van der Waals surface area contributed by atoms with Crippen LogP contribution in [0.1, 0.15) is 42.0 Å². The predicted octanol–water partition coefficient (Wildman–Crippen LogP) is 6.88. The van der Waals surface area contributed by atoms with Crippen LogP contribution in [-0.2, 0) is 19.5 Å². The topological polar surface area (TPSA) is 26.7 Å². The molecule has 3 aromatic rings. The van der Waals surface area contributed by atoms with E-state index in [-0.39, 0.29) is 0 Å². The average molecular weight is 485 g/mol. The van der Waals surface area contributed by atoms with Crippen molar-refractivity contribution in [2.24, 2.45) is 0 Å². The summed E-state index contributed by atoms with van der Waals surface area (Å²) in [6.45, 7) is 10.4. The van der Waals surface area contributed by atoms with Gasteiger partial charge in [-0.2, -0.15) is 0 Å². The molecule has 3 nitrogen and oxygen atoms in total. The fraction of sp³-hybridized carbons (Fsp3) is 0.423. The first-order valence-electron chi connectivity index (χ1n) is 11.5. The van der Waals surface area contributed by atoms with Gasteiger partial charge in [-0.25, -0.2) is 0 Å². The molecule has 6 heteroatoms. The van der Waals surface area contributed by atoms with Gasteiger partial charge in [-0.15, -0.1) is 0 Å². The SMILES string of the molecule is CCCCc1c(-c2ccc(O)c(CN3CCN(Cc4ccccc4C)CC3)c2)ssc1=S. The highest BCUT2D eigenvalue weighted by molar-refractivity contribution is 7.80. The number of hydrogen-bond acceptors (Lipinski definition) is 6. The second-order valence-electron chi connectivity index (χ2n) is 8.69. The quantitative estimate of drug-likeness (QED) is 0.278. The first-order chi connectivity index (χ1) is 15.5. The highest BCUT2D eigenvalue weighted by atomic mass is 32.9. The summed E-state index contributed by atoms with van der Waals surface area (Å²) in [6, 6.07) is 14.7. The number of phenolic OH excluding ortho intramolecular Hbond substituents is 1. The zero-order valence-electron chi connectivity index (χ0n) is 19.0. The van der Waals surface area contributed by atoms with Crippen molar-refractivity contribution < 1.29 is 5.11 Å². The van der Waals surface area contributed by atoms with Gasteiger partial charge in [-0.3, -0.25) is 9.80 Å². The number of aromatic hydroxyl groups is 1. The Balaban J connectivity index is 1.41. The zero-order valence-corrected chi connectivity index (χ0v) is 21.4. The van der Waals surface area contributed by atoms with E-state index in [0.717, 1.165) is 61.5 Å². The zero-order chi connectivity index (χ0) is 22.5. The Morgan fingerprint density at radius 3 is 2.31 bits per heavy atom. The summed E-state index contributed by atoms with van der Waals surface area (Å²) in [6.07, 6.45) is 3.38. The lowest BCUT2D eigenvalue weighted by Gasteiger charge is -2.35. The third-order valence-corrected chi connectivity index (χ3v) is 9.55. The van der Waals surface area contributed by atoms with Crippen LogP contribution in [0.2, 0.25) is 0 Å². The van der Waals surface area contributed by atoms with Gasteiger partial charge >= 0.3 is 0 Å². The van der Waals surface area contributed by atoms with E-state index >= 15 is 0 Å². The van der Waals surface area contributed by atoms with Gasteiger partial charge in [0.05, 0.1) is 4.88 Å². The third kappa shape index (κ3) is 5.67. The van der Waals surface area contributed by atoms with E-state index in [1.165, 1.54) is 33.6 Å². The van der Waals surface area contributed by atoms with Gasteiger partial charge in [0.15, 0.2) is 0 Å². The molecule has 1 aliphatic rings. The first kappa shape index (κ1) is 23.6. The number of unbranched alkanes of at least 4 members (excludes halogenated alkanes) is 1. The molecule has 0 bridgehead atoms. The lowest BCUT2D eigenvalue weighted by Crippen LogP contribution is -2.45. The van der Waals surface area contributed by atoms with Crippen molar-refractivity contribution in [3.63, 3.8) is 0 Å². The van der Waals surface area contributed by atoms with Gasteiger partial charge in [0, 0.05) is 44.8 Å². The molecule has 0 saturated carbocycles. The molecule has 1 fully saturated rings. The van der Waals surface area contributed by atoms with Crippen molar-refractivity contribution in [3.05, 3.63) is 68.5 Å². The number of aryl methyl sites for hydroxylation is 1. The molecule has 32 heavy (non-hydrogen) atoms. The molecule has 1 N–H and O–H groups in total. The normalized spacial score (nSPS) is 15.3. The summed E-state index contributed by atoms with van der Waals surface area (Å²) < 4.78 is 1.03. The molecule has 1 aliphatic heterocycles. The summed E-state index contributed by atoms with van der Waals surface area (Å²) in [4.78, 5) is 6.28. The molecule has 1 saturated heterocycles. The Kier molecular flexibility index (Phi) is 8.13. The predicted molar refractivity (Wildman–Crippen MR) is 140 cm³/mol. The van der Waals surface area contributed by atoms with Crippen molar-refractivity contribution in [2.75, 3.05) is 26.2 Å². The molecular formula is C26H32N2OS3. The van der Waals surface area contributed by atoms with Gasteiger partial charge in [-0.1, -0.05) is 70.5 Å². The lowest BCUT2D eigenvalue weighted by molar-refractivity contribution is 0.121. The minimum absolute atomic E-state index is 0.394. The summed E-state index contributed by atoms with van der Waals surface area (Å²) in [5, 5.41) is 10.6. The van der Waals surface area contributed by atoms with Crippen molar-refractivity contribution >= 4 is 32.9 Å². The lowest BCUT2D eigenvalue weighted by atomic mass is 10.0.